The van der Waals surface area contributed by atoms with Gasteiger partial charge in [0.2, 0.25) is 5.95 Å². The highest BCUT2D eigenvalue weighted by atomic mass is 32.2. The average molecular weight is 441 g/mol. The van der Waals surface area contributed by atoms with Crippen molar-refractivity contribution >= 4 is 37.8 Å². The predicted molar refractivity (Wildman–Crippen MR) is 103 cm³/mol. The Bertz CT molecular complexity index is 1370. The number of imidazole rings is 1. The van der Waals surface area contributed by atoms with Crippen LogP contribution in [-0.4, -0.2) is 30.8 Å². The minimum atomic E-state index is -4.76. The van der Waals surface area contributed by atoms with Gasteiger partial charge in [-0.3, -0.25) is 0 Å². The SMILES string of the molecule is Cc1c([C@H](Nc2nc3ccc(S(C)(=O)=O)cc3[nH]2)C(F)(F)F)oc2ccc(F)cc12. The Morgan fingerprint density at radius 1 is 1.17 bits per heavy atom. The quantitative estimate of drug-likeness (QED) is 0.441. The van der Waals surface area contributed by atoms with Crippen molar-refractivity contribution in [3.05, 3.63) is 53.5 Å². The zero-order valence-corrected chi connectivity index (χ0v) is 16.5. The molecular weight excluding hydrogens is 426 g/mol. The highest BCUT2D eigenvalue weighted by molar-refractivity contribution is 7.90. The zero-order chi connectivity index (χ0) is 21.8. The molecule has 30 heavy (non-hydrogen) atoms. The van der Waals surface area contributed by atoms with E-state index in [1.165, 1.54) is 31.2 Å². The van der Waals surface area contributed by atoms with Gasteiger partial charge in [-0.15, -0.1) is 0 Å². The predicted octanol–water partition coefficient (Wildman–Crippen LogP) is 4.88. The lowest BCUT2D eigenvalue weighted by atomic mass is 10.1. The van der Waals surface area contributed by atoms with Gasteiger partial charge in [-0.1, -0.05) is 0 Å². The monoisotopic (exact) mass is 441 g/mol. The van der Waals surface area contributed by atoms with Crippen molar-refractivity contribution in [2.75, 3.05) is 11.6 Å². The molecule has 0 amide bonds. The number of rotatable bonds is 4. The molecule has 0 aliphatic rings. The molecule has 2 N–H and O–H groups in total. The first-order valence-electron chi connectivity index (χ1n) is 8.65. The Balaban J connectivity index is 1.77. The van der Waals surface area contributed by atoms with E-state index in [9.17, 15) is 26.0 Å². The average Bonchev–Trinajstić information content (AvgIpc) is 3.18. The summed E-state index contributed by atoms with van der Waals surface area (Å²) in [5.74, 6) is -1.22. The van der Waals surface area contributed by atoms with Crippen molar-refractivity contribution in [3.63, 3.8) is 0 Å². The van der Waals surface area contributed by atoms with Crippen LogP contribution in [0.3, 0.4) is 0 Å². The number of H-pyrrole nitrogens is 1. The fourth-order valence-corrected chi connectivity index (χ4v) is 3.86. The minimum Gasteiger partial charge on any atom is -0.458 e. The number of alkyl halides is 3. The number of sulfone groups is 1. The van der Waals surface area contributed by atoms with E-state index in [-0.39, 0.29) is 38.4 Å². The van der Waals surface area contributed by atoms with Gasteiger partial charge in [-0.2, -0.15) is 13.2 Å². The van der Waals surface area contributed by atoms with Crippen LogP contribution in [0.15, 0.2) is 45.7 Å². The molecule has 4 rings (SSSR count). The second-order valence-electron chi connectivity index (χ2n) is 6.89. The summed E-state index contributed by atoms with van der Waals surface area (Å²) < 4.78 is 83.8. The molecule has 0 bridgehead atoms. The number of benzene rings is 2. The van der Waals surface area contributed by atoms with Crippen LogP contribution in [0.25, 0.3) is 22.0 Å². The lowest BCUT2D eigenvalue weighted by molar-refractivity contribution is -0.147. The third-order valence-corrected chi connectivity index (χ3v) is 5.80. The Labute approximate surface area is 167 Å². The van der Waals surface area contributed by atoms with Gasteiger partial charge in [-0.25, -0.2) is 17.8 Å². The molecule has 2 aromatic heterocycles. The molecule has 1 atom stereocenters. The number of hydrogen-bond acceptors (Lipinski definition) is 5. The first kappa shape index (κ1) is 20.2. The molecule has 0 saturated carbocycles. The van der Waals surface area contributed by atoms with E-state index in [0.717, 1.165) is 18.4 Å². The molecule has 0 radical (unpaired) electrons. The highest BCUT2D eigenvalue weighted by Crippen LogP contribution is 2.40. The van der Waals surface area contributed by atoms with Crippen LogP contribution < -0.4 is 5.32 Å². The van der Waals surface area contributed by atoms with Crippen molar-refractivity contribution in [2.45, 2.75) is 24.0 Å². The number of fused-ring (bicyclic) bond motifs is 2. The van der Waals surface area contributed by atoms with Crippen LogP contribution in [-0.2, 0) is 9.84 Å². The van der Waals surface area contributed by atoms with Gasteiger partial charge in [0.05, 0.1) is 15.9 Å². The maximum absolute atomic E-state index is 13.8. The van der Waals surface area contributed by atoms with Crippen molar-refractivity contribution in [3.8, 4) is 0 Å². The van der Waals surface area contributed by atoms with Crippen LogP contribution >= 0.6 is 0 Å². The Morgan fingerprint density at radius 3 is 2.57 bits per heavy atom. The summed E-state index contributed by atoms with van der Waals surface area (Å²) in [7, 11) is -3.49. The Hall–Kier alpha value is -3.08. The molecule has 0 fully saturated rings. The number of anilines is 1. The zero-order valence-electron chi connectivity index (χ0n) is 15.6. The van der Waals surface area contributed by atoms with Crippen molar-refractivity contribution in [1.29, 1.82) is 0 Å². The molecule has 2 heterocycles. The smallest absolute Gasteiger partial charge is 0.415 e. The van der Waals surface area contributed by atoms with Gasteiger partial charge in [0.25, 0.3) is 0 Å². The van der Waals surface area contributed by atoms with E-state index < -0.39 is 33.6 Å². The van der Waals surface area contributed by atoms with Crippen LogP contribution in [0.1, 0.15) is 17.4 Å². The molecule has 0 aliphatic heterocycles. The Morgan fingerprint density at radius 2 is 1.90 bits per heavy atom. The number of aryl methyl sites for hydroxylation is 1. The third-order valence-electron chi connectivity index (χ3n) is 4.69. The number of aromatic nitrogens is 2. The van der Waals surface area contributed by atoms with Crippen LogP contribution in [0, 0.1) is 12.7 Å². The molecule has 4 aromatic rings. The second kappa shape index (κ2) is 6.73. The van der Waals surface area contributed by atoms with Gasteiger partial charge in [0.15, 0.2) is 15.9 Å². The maximum Gasteiger partial charge on any atom is 0.415 e. The lowest BCUT2D eigenvalue weighted by Gasteiger charge is -2.20. The summed E-state index contributed by atoms with van der Waals surface area (Å²) in [5.41, 5.74) is 0.816. The van der Waals surface area contributed by atoms with Crippen LogP contribution in [0.2, 0.25) is 0 Å². The van der Waals surface area contributed by atoms with E-state index in [2.05, 4.69) is 15.3 Å². The van der Waals surface area contributed by atoms with Crippen LogP contribution in [0.4, 0.5) is 23.5 Å². The second-order valence-corrected chi connectivity index (χ2v) is 8.90. The van der Waals surface area contributed by atoms with E-state index in [1.54, 1.807) is 0 Å². The van der Waals surface area contributed by atoms with Gasteiger partial charge in [0.1, 0.15) is 17.2 Å². The molecule has 0 spiro atoms. The summed E-state index contributed by atoms with van der Waals surface area (Å²) in [6, 6.07) is 5.22. The lowest BCUT2D eigenvalue weighted by Crippen LogP contribution is -2.28. The van der Waals surface area contributed by atoms with Gasteiger partial charge in [0, 0.05) is 17.2 Å². The summed E-state index contributed by atoms with van der Waals surface area (Å²) in [6.45, 7) is 1.41. The summed E-state index contributed by atoms with van der Waals surface area (Å²) in [4.78, 5) is 6.71. The van der Waals surface area contributed by atoms with E-state index >= 15 is 0 Å². The summed E-state index contributed by atoms with van der Waals surface area (Å²) in [6.07, 6.45) is -3.73. The molecule has 0 aliphatic carbocycles. The number of furan rings is 1. The standard InChI is InChI=1S/C19H15F4N3O3S/c1-9-12-7-10(20)3-6-15(12)29-16(9)17(19(21,22)23)26-18-24-13-5-4-11(30(2,27)28)8-14(13)25-18/h3-8,17H,1-2H3,(H2,24,25,26)/t17-/m0/s1. The third kappa shape index (κ3) is 3.60. The van der Waals surface area contributed by atoms with Crippen molar-refractivity contribution in [2.24, 2.45) is 0 Å². The van der Waals surface area contributed by atoms with E-state index in [4.69, 9.17) is 4.42 Å². The van der Waals surface area contributed by atoms with Crippen LogP contribution in [0.5, 0.6) is 0 Å². The van der Waals surface area contributed by atoms with Crippen molar-refractivity contribution < 1.29 is 30.4 Å². The number of hydrogen-bond donors (Lipinski definition) is 2. The number of nitrogens with one attached hydrogen (secondary N) is 2. The van der Waals surface area contributed by atoms with E-state index in [0.29, 0.717) is 0 Å². The van der Waals surface area contributed by atoms with Gasteiger partial charge < -0.3 is 14.7 Å². The minimum absolute atomic E-state index is 0.00715. The molecule has 2 aromatic carbocycles. The summed E-state index contributed by atoms with van der Waals surface area (Å²) >= 11 is 0. The van der Waals surface area contributed by atoms with E-state index in [1.807, 2.05) is 0 Å². The number of nitrogens with zero attached hydrogens (tertiary/aromatic N) is 1. The van der Waals surface area contributed by atoms with Gasteiger partial charge in [-0.05, 0) is 43.3 Å². The maximum atomic E-state index is 13.8. The van der Waals surface area contributed by atoms with Crippen molar-refractivity contribution in [1.82, 2.24) is 9.97 Å². The summed E-state index contributed by atoms with van der Waals surface area (Å²) in [5, 5.41) is 2.51. The van der Waals surface area contributed by atoms with Gasteiger partial charge >= 0.3 is 6.18 Å². The molecule has 0 saturated heterocycles. The molecule has 6 nitrogen and oxygen atoms in total. The molecule has 11 heteroatoms. The first-order chi connectivity index (χ1) is 13.9. The fourth-order valence-electron chi connectivity index (χ4n) is 3.21. The number of aromatic amines is 1. The molecule has 158 valence electrons. The largest absolute Gasteiger partial charge is 0.458 e. The highest BCUT2D eigenvalue weighted by Gasteiger charge is 2.45. The normalized spacial score (nSPS) is 13.8. The first-order valence-corrected chi connectivity index (χ1v) is 10.5. The Kier molecular flexibility index (Phi) is 4.53. The topological polar surface area (TPSA) is 88.0 Å². The fraction of sp³-hybridized carbons (Fsp3) is 0.211. The molecule has 0 unspecified atom stereocenters. The molecular formula is C19H15F4N3O3S. The number of halogens is 4.